The van der Waals surface area contributed by atoms with Crippen LogP contribution in [0.25, 0.3) is 0 Å². The Morgan fingerprint density at radius 1 is 1.30 bits per heavy atom. The largest absolute Gasteiger partial charge is 0.312 e. The van der Waals surface area contributed by atoms with Crippen molar-refractivity contribution in [3.05, 3.63) is 45.1 Å². The quantitative estimate of drug-likeness (QED) is 0.814. The van der Waals surface area contributed by atoms with Crippen LogP contribution >= 0.6 is 27.3 Å². The van der Waals surface area contributed by atoms with Gasteiger partial charge in [0, 0.05) is 27.0 Å². The molecule has 7 heteroatoms. The molecule has 0 unspecified atom stereocenters. The van der Waals surface area contributed by atoms with E-state index in [4.69, 9.17) is 0 Å². The summed E-state index contributed by atoms with van der Waals surface area (Å²) in [7, 11) is -3.52. The molecule has 0 aliphatic rings. The number of rotatable bonds is 6. The standard InChI is InChI=1S/C13H15BrN2O2S2/c1-2-15-8-12-7-13(9-19-12)20(17,18)16-11-5-3-4-10(14)6-11/h3-7,9,15-16H,2,8H2,1H3. The molecule has 0 aliphatic heterocycles. The lowest BCUT2D eigenvalue weighted by Gasteiger charge is -2.06. The highest BCUT2D eigenvalue weighted by atomic mass is 79.9. The van der Waals surface area contributed by atoms with Crippen LogP contribution in [0.2, 0.25) is 0 Å². The van der Waals surface area contributed by atoms with E-state index in [1.54, 1.807) is 29.6 Å². The molecule has 0 bridgehead atoms. The van der Waals surface area contributed by atoms with Gasteiger partial charge in [-0.05, 0) is 30.8 Å². The summed E-state index contributed by atoms with van der Waals surface area (Å²) >= 11 is 4.76. The number of halogens is 1. The Bertz CT molecular complexity index is 683. The van der Waals surface area contributed by atoms with Crippen LogP contribution in [0.15, 0.2) is 45.1 Å². The first kappa shape index (κ1) is 15.5. The predicted octanol–water partition coefficient (Wildman–Crippen LogP) is 3.42. The Morgan fingerprint density at radius 2 is 2.10 bits per heavy atom. The molecule has 20 heavy (non-hydrogen) atoms. The summed E-state index contributed by atoms with van der Waals surface area (Å²) in [5.74, 6) is 0. The SMILES string of the molecule is CCNCc1cc(S(=O)(=O)Nc2cccc(Br)c2)cs1. The second-order valence-electron chi connectivity index (χ2n) is 4.14. The van der Waals surface area contributed by atoms with Crippen molar-refractivity contribution in [1.29, 1.82) is 0 Å². The van der Waals surface area contributed by atoms with E-state index >= 15 is 0 Å². The molecule has 1 heterocycles. The molecule has 1 aromatic heterocycles. The number of sulfonamides is 1. The molecule has 0 atom stereocenters. The minimum Gasteiger partial charge on any atom is -0.312 e. The van der Waals surface area contributed by atoms with Gasteiger partial charge < -0.3 is 5.32 Å². The van der Waals surface area contributed by atoms with Crippen molar-refractivity contribution in [2.45, 2.75) is 18.4 Å². The lowest BCUT2D eigenvalue weighted by atomic mass is 10.3. The topological polar surface area (TPSA) is 58.2 Å². The third kappa shape index (κ3) is 4.05. The van der Waals surface area contributed by atoms with Crippen molar-refractivity contribution in [1.82, 2.24) is 5.32 Å². The van der Waals surface area contributed by atoms with Crippen LogP contribution in [0.3, 0.4) is 0 Å². The predicted molar refractivity (Wildman–Crippen MR) is 86.7 cm³/mol. The van der Waals surface area contributed by atoms with Crippen molar-refractivity contribution < 1.29 is 8.42 Å². The van der Waals surface area contributed by atoms with E-state index in [1.807, 2.05) is 13.0 Å². The average molecular weight is 375 g/mol. The van der Waals surface area contributed by atoms with E-state index in [0.29, 0.717) is 17.1 Å². The zero-order valence-electron chi connectivity index (χ0n) is 10.9. The fourth-order valence-corrected chi connectivity index (χ4v) is 4.30. The van der Waals surface area contributed by atoms with Crippen molar-refractivity contribution in [3.8, 4) is 0 Å². The number of benzene rings is 1. The van der Waals surface area contributed by atoms with Gasteiger partial charge >= 0.3 is 0 Å². The molecule has 0 spiro atoms. The molecule has 2 rings (SSSR count). The first-order valence-electron chi connectivity index (χ1n) is 6.08. The highest BCUT2D eigenvalue weighted by Crippen LogP contribution is 2.23. The first-order chi connectivity index (χ1) is 9.51. The molecule has 0 aliphatic carbocycles. The molecule has 0 fully saturated rings. The van der Waals surface area contributed by atoms with Gasteiger partial charge in [-0.2, -0.15) is 0 Å². The highest BCUT2D eigenvalue weighted by Gasteiger charge is 2.16. The molecule has 0 saturated heterocycles. The van der Waals surface area contributed by atoms with Gasteiger partial charge in [-0.15, -0.1) is 11.3 Å². The summed E-state index contributed by atoms with van der Waals surface area (Å²) in [6, 6.07) is 8.77. The molecule has 0 amide bonds. The second-order valence-corrected chi connectivity index (χ2v) is 7.74. The van der Waals surface area contributed by atoms with E-state index in [1.165, 1.54) is 11.3 Å². The van der Waals surface area contributed by atoms with Gasteiger partial charge in [-0.1, -0.05) is 28.9 Å². The highest BCUT2D eigenvalue weighted by molar-refractivity contribution is 9.10. The zero-order valence-corrected chi connectivity index (χ0v) is 14.1. The van der Waals surface area contributed by atoms with E-state index in [2.05, 4.69) is 26.0 Å². The summed E-state index contributed by atoms with van der Waals surface area (Å²) in [5.41, 5.74) is 0.541. The van der Waals surface area contributed by atoms with E-state index in [-0.39, 0.29) is 0 Å². The molecule has 4 nitrogen and oxygen atoms in total. The minimum atomic E-state index is -3.52. The maximum atomic E-state index is 12.3. The molecular formula is C13H15BrN2O2S2. The van der Waals surface area contributed by atoms with Crippen molar-refractivity contribution >= 4 is 43.0 Å². The van der Waals surface area contributed by atoms with Gasteiger partial charge in [0.2, 0.25) is 0 Å². The van der Waals surface area contributed by atoms with Gasteiger partial charge in [-0.25, -0.2) is 8.42 Å². The Morgan fingerprint density at radius 3 is 2.80 bits per heavy atom. The second kappa shape index (κ2) is 6.71. The Hall–Kier alpha value is -0.890. The molecule has 1 aromatic carbocycles. The van der Waals surface area contributed by atoms with Crippen LogP contribution < -0.4 is 10.0 Å². The van der Waals surface area contributed by atoms with Crippen LogP contribution in [0, 0.1) is 0 Å². The summed E-state index contributed by atoms with van der Waals surface area (Å²) in [6.07, 6.45) is 0. The maximum absolute atomic E-state index is 12.3. The molecule has 0 saturated carbocycles. The van der Waals surface area contributed by atoms with Gasteiger partial charge in [0.1, 0.15) is 0 Å². The molecule has 0 radical (unpaired) electrons. The van der Waals surface area contributed by atoms with Crippen LogP contribution in [-0.4, -0.2) is 15.0 Å². The van der Waals surface area contributed by atoms with Crippen LogP contribution in [-0.2, 0) is 16.6 Å². The number of hydrogen-bond acceptors (Lipinski definition) is 4. The smallest absolute Gasteiger partial charge is 0.262 e. The lowest BCUT2D eigenvalue weighted by Crippen LogP contribution is -2.12. The monoisotopic (exact) mass is 374 g/mol. The van der Waals surface area contributed by atoms with Crippen LogP contribution in [0.5, 0.6) is 0 Å². The zero-order chi connectivity index (χ0) is 14.6. The summed E-state index contributed by atoms with van der Waals surface area (Å²) in [6.45, 7) is 3.56. The molecular weight excluding hydrogens is 360 g/mol. The molecule has 2 aromatic rings. The molecule has 2 N–H and O–H groups in total. The number of anilines is 1. The number of thiophene rings is 1. The number of hydrogen-bond donors (Lipinski definition) is 2. The van der Waals surface area contributed by atoms with E-state index in [0.717, 1.165) is 15.9 Å². The maximum Gasteiger partial charge on any atom is 0.262 e. The van der Waals surface area contributed by atoms with Crippen molar-refractivity contribution in [2.75, 3.05) is 11.3 Å². The fraction of sp³-hybridized carbons (Fsp3) is 0.231. The lowest BCUT2D eigenvalue weighted by molar-refractivity contribution is 0.601. The third-order valence-corrected chi connectivity index (χ3v) is 5.51. The van der Waals surface area contributed by atoms with Gasteiger partial charge in [0.15, 0.2) is 0 Å². The third-order valence-electron chi connectivity index (χ3n) is 2.57. The first-order valence-corrected chi connectivity index (χ1v) is 9.23. The van der Waals surface area contributed by atoms with Gasteiger partial charge in [0.05, 0.1) is 4.90 Å². The normalized spacial score (nSPS) is 11.5. The Labute approximate surface area is 131 Å². The van der Waals surface area contributed by atoms with E-state index in [9.17, 15) is 8.42 Å². The fourth-order valence-electron chi connectivity index (χ4n) is 1.61. The van der Waals surface area contributed by atoms with Crippen LogP contribution in [0.1, 0.15) is 11.8 Å². The Balaban J connectivity index is 2.16. The van der Waals surface area contributed by atoms with Crippen molar-refractivity contribution in [3.63, 3.8) is 0 Å². The molecule has 108 valence electrons. The summed E-state index contributed by atoms with van der Waals surface area (Å²) in [4.78, 5) is 1.30. The number of nitrogens with one attached hydrogen (secondary N) is 2. The van der Waals surface area contributed by atoms with Gasteiger partial charge in [0.25, 0.3) is 10.0 Å². The minimum absolute atomic E-state index is 0.301. The van der Waals surface area contributed by atoms with Crippen molar-refractivity contribution in [2.24, 2.45) is 0 Å². The van der Waals surface area contributed by atoms with Crippen LogP contribution in [0.4, 0.5) is 5.69 Å². The van der Waals surface area contributed by atoms with E-state index < -0.39 is 10.0 Å². The average Bonchev–Trinajstić information content (AvgIpc) is 2.85. The summed E-state index contributed by atoms with van der Waals surface area (Å²) < 4.78 is 27.9. The summed E-state index contributed by atoms with van der Waals surface area (Å²) in [5, 5.41) is 4.84. The van der Waals surface area contributed by atoms with Gasteiger partial charge in [-0.3, -0.25) is 4.72 Å². The Kier molecular flexibility index (Phi) is 5.20.